The molecule has 0 amide bonds. The maximum atomic E-state index is 11.3. The second-order valence-electron chi connectivity index (χ2n) is 8.50. The Morgan fingerprint density at radius 3 is 2.37 bits per heavy atom. The van der Waals surface area contributed by atoms with E-state index in [-0.39, 0.29) is 28.8 Å². The summed E-state index contributed by atoms with van der Waals surface area (Å²) in [5, 5.41) is 8.63. The van der Waals surface area contributed by atoms with E-state index in [9.17, 15) is 19.2 Å². The summed E-state index contributed by atoms with van der Waals surface area (Å²) in [6.45, 7) is 7.93. The van der Waals surface area contributed by atoms with Gasteiger partial charge in [-0.2, -0.15) is 0 Å². The van der Waals surface area contributed by atoms with Gasteiger partial charge in [-0.05, 0) is 36.5 Å². The fourth-order valence-corrected chi connectivity index (χ4v) is 2.74. The molecule has 0 saturated carbocycles. The number of rotatable bonds is 8. The number of carboxylic acids is 1. The average Bonchev–Trinajstić information content (AvgIpc) is 3.45. The first-order valence-electron chi connectivity index (χ1n) is 9.98. The van der Waals surface area contributed by atoms with E-state index in [1.54, 1.807) is 0 Å². The molecule has 2 aliphatic rings. The fourth-order valence-electron chi connectivity index (χ4n) is 2.74. The molecule has 1 aromatic carbocycles. The molecule has 0 radical (unpaired) electrons. The van der Waals surface area contributed by atoms with Gasteiger partial charge in [0.15, 0.2) is 0 Å². The van der Waals surface area contributed by atoms with Crippen molar-refractivity contribution in [3.63, 3.8) is 0 Å². The Balaban J connectivity index is 0.000000215. The molecule has 0 spiro atoms. The third-order valence-corrected chi connectivity index (χ3v) is 4.53. The van der Waals surface area contributed by atoms with Gasteiger partial charge < -0.3 is 19.3 Å². The second-order valence-corrected chi connectivity index (χ2v) is 8.50. The molecule has 1 N–H and O–H groups in total. The monoisotopic (exact) mass is 420 g/mol. The lowest BCUT2D eigenvalue weighted by Crippen LogP contribution is -2.09. The lowest BCUT2D eigenvalue weighted by Gasteiger charge is -2.17. The summed E-state index contributed by atoms with van der Waals surface area (Å²) in [4.78, 5) is 43.8. The van der Waals surface area contributed by atoms with Gasteiger partial charge in [0.25, 0.3) is 0 Å². The molecule has 1 unspecified atom stereocenters. The number of aromatic carboxylic acids is 1. The van der Waals surface area contributed by atoms with E-state index in [2.05, 4.69) is 25.5 Å². The lowest BCUT2D eigenvalue weighted by atomic mass is 9.89. The van der Waals surface area contributed by atoms with Gasteiger partial charge in [-0.3, -0.25) is 4.79 Å². The Morgan fingerprint density at radius 2 is 1.77 bits per heavy atom. The van der Waals surface area contributed by atoms with Gasteiger partial charge >= 0.3 is 23.9 Å². The Bertz CT molecular complexity index is 802. The first-order chi connectivity index (χ1) is 14.1. The van der Waals surface area contributed by atoms with Crippen molar-refractivity contribution < 1.29 is 38.5 Å². The van der Waals surface area contributed by atoms with Crippen molar-refractivity contribution in [3.8, 4) is 0 Å². The van der Waals surface area contributed by atoms with Crippen LogP contribution in [0.5, 0.6) is 0 Å². The van der Waals surface area contributed by atoms with Crippen LogP contribution < -0.4 is 0 Å². The van der Waals surface area contributed by atoms with Gasteiger partial charge in [0.2, 0.25) is 0 Å². The van der Waals surface area contributed by atoms with Gasteiger partial charge in [-0.25, -0.2) is 14.4 Å². The summed E-state index contributed by atoms with van der Waals surface area (Å²) in [7, 11) is 0. The Labute approximate surface area is 175 Å². The van der Waals surface area contributed by atoms with E-state index in [0.29, 0.717) is 18.4 Å². The number of esters is 3. The third-order valence-electron chi connectivity index (χ3n) is 4.53. The molecule has 0 aliphatic carbocycles. The first kappa shape index (κ1) is 23.5. The van der Waals surface area contributed by atoms with Crippen LogP contribution >= 0.6 is 0 Å². The van der Waals surface area contributed by atoms with E-state index in [0.717, 1.165) is 25.5 Å². The van der Waals surface area contributed by atoms with Crippen LogP contribution in [-0.2, 0) is 19.0 Å². The Hall–Kier alpha value is -2.74. The van der Waals surface area contributed by atoms with Crippen LogP contribution in [-0.4, -0.2) is 48.3 Å². The number of epoxide rings is 1. The molecule has 0 aromatic heterocycles. The van der Waals surface area contributed by atoms with Crippen molar-refractivity contribution in [3.05, 3.63) is 34.9 Å². The standard InChI is InChI=1S/C13H24O3.C9H4O5/c1-13(2,3)8-6-4-5-7-12(14)16-10-11-9-15-11;10-7(11)4-1-2-5-6(3-4)9(13)14-8(5)12/h11H,4-10H2,1-3H3;1-3H,(H,10,11). The van der Waals surface area contributed by atoms with Crippen molar-refractivity contribution in [2.24, 2.45) is 5.41 Å². The summed E-state index contributed by atoms with van der Waals surface area (Å²) in [6.07, 6.45) is 5.22. The highest BCUT2D eigenvalue weighted by molar-refractivity contribution is 6.15. The molecular formula is C22H28O8. The van der Waals surface area contributed by atoms with Crippen LogP contribution in [0, 0.1) is 5.41 Å². The van der Waals surface area contributed by atoms with Gasteiger partial charge in [0, 0.05) is 6.42 Å². The van der Waals surface area contributed by atoms with Crippen LogP contribution in [0.4, 0.5) is 0 Å². The van der Waals surface area contributed by atoms with Crippen LogP contribution in [0.1, 0.15) is 83.9 Å². The van der Waals surface area contributed by atoms with E-state index in [1.807, 2.05) is 0 Å². The van der Waals surface area contributed by atoms with Crippen molar-refractivity contribution in [1.82, 2.24) is 0 Å². The molecule has 0 bridgehead atoms. The van der Waals surface area contributed by atoms with Gasteiger partial charge in [0.1, 0.15) is 12.7 Å². The predicted molar refractivity (Wildman–Crippen MR) is 106 cm³/mol. The molecule has 1 atom stereocenters. The number of carbonyl (C=O) groups excluding carboxylic acids is 3. The van der Waals surface area contributed by atoms with Crippen molar-refractivity contribution in [2.45, 2.75) is 59.0 Å². The zero-order chi connectivity index (χ0) is 22.3. The predicted octanol–water partition coefficient (Wildman–Crippen LogP) is 3.62. The van der Waals surface area contributed by atoms with E-state index in [1.165, 1.54) is 25.0 Å². The van der Waals surface area contributed by atoms with Crippen LogP contribution in [0.3, 0.4) is 0 Å². The lowest BCUT2D eigenvalue weighted by molar-refractivity contribution is -0.144. The maximum Gasteiger partial charge on any atom is 0.346 e. The van der Waals surface area contributed by atoms with Gasteiger partial charge in [-0.1, -0.05) is 33.6 Å². The molecule has 1 fully saturated rings. The molecule has 2 aliphatic heterocycles. The number of carbonyl (C=O) groups is 4. The number of hydrogen-bond acceptors (Lipinski definition) is 7. The smallest absolute Gasteiger partial charge is 0.346 e. The molecule has 2 heterocycles. The highest BCUT2D eigenvalue weighted by atomic mass is 16.6. The van der Waals surface area contributed by atoms with Crippen LogP contribution in [0.2, 0.25) is 0 Å². The first-order valence-corrected chi connectivity index (χ1v) is 9.98. The molecule has 1 saturated heterocycles. The van der Waals surface area contributed by atoms with Crippen molar-refractivity contribution in [1.29, 1.82) is 0 Å². The van der Waals surface area contributed by atoms with Gasteiger partial charge in [0.05, 0.1) is 23.3 Å². The second kappa shape index (κ2) is 10.3. The SMILES string of the molecule is CC(C)(C)CCCCCC(=O)OCC1CO1.O=C(O)c1ccc2c(c1)C(=O)OC2=O. The third kappa shape index (κ3) is 7.94. The van der Waals surface area contributed by atoms with E-state index >= 15 is 0 Å². The molecule has 8 nitrogen and oxygen atoms in total. The number of benzene rings is 1. The highest BCUT2D eigenvalue weighted by Gasteiger charge is 2.30. The topological polar surface area (TPSA) is 120 Å². The molecule has 3 rings (SSSR count). The summed E-state index contributed by atoms with van der Waals surface area (Å²) < 4.78 is 14.3. The normalized spacial score (nSPS) is 16.8. The van der Waals surface area contributed by atoms with E-state index < -0.39 is 17.9 Å². The number of carboxylic acid groups (broad SMARTS) is 1. The number of unbranched alkanes of at least 4 members (excludes halogenated alkanes) is 2. The maximum absolute atomic E-state index is 11.3. The fraction of sp³-hybridized carbons (Fsp3) is 0.545. The van der Waals surface area contributed by atoms with Gasteiger partial charge in [-0.15, -0.1) is 0 Å². The summed E-state index contributed by atoms with van der Waals surface area (Å²) in [5.74, 6) is -2.76. The summed E-state index contributed by atoms with van der Waals surface area (Å²) in [6, 6.07) is 3.65. The Kier molecular flexibility index (Phi) is 8.11. The molecular weight excluding hydrogens is 392 g/mol. The zero-order valence-corrected chi connectivity index (χ0v) is 17.6. The molecule has 1 aromatic rings. The quantitative estimate of drug-likeness (QED) is 0.293. The van der Waals surface area contributed by atoms with Crippen molar-refractivity contribution in [2.75, 3.05) is 13.2 Å². The summed E-state index contributed by atoms with van der Waals surface area (Å²) >= 11 is 0. The largest absolute Gasteiger partial charge is 0.478 e. The number of hydrogen-bond donors (Lipinski definition) is 1. The minimum absolute atomic E-state index is 0.00917. The minimum atomic E-state index is -1.15. The highest BCUT2D eigenvalue weighted by Crippen LogP contribution is 2.22. The number of fused-ring (bicyclic) bond motifs is 1. The van der Waals surface area contributed by atoms with Crippen LogP contribution in [0.15, 0.2) is 18.2 Å². The zero-order valence-electron chi connectivity index (χ0n) is 17.6. The van der Waals surface area contributed by atoms with Crippen molar-refractivity contribution >= 4 is 23.9 Å². The summed E-state index contributed by atoms with van der Waals surface area (Å²) in [5.41, 5.74) is 0.481. The molecule has 164 valence electrons. The Morgan fingerprint density at radius 1 is 1.10 bits per heavy atom. The van der Waals surface area contributed by atoms with Crippen LogP contribution in [0.25, 0.3) is 0 Å². The number of cyclic esters (lactones) is 2. The van der Waals surface area contributed by atoms with E-state index in [4.69, 9.17) is 14.6 Å². The molecule has 30 heavy (non-hydrogen) atoms. The number of ether oxygens (including phenoxy) is 3. The molecule has 8 heteroatoms. The minimum Gasteiger partial charge on any atom is -0.478 e. The average molecular weight is 420 g/mol.